The van der Waals surface area contributed by atoms with E-state index in [0.29, 0.717) is 11.3 Å². The Bertz CT molecular complexity index is 759. The summed E-state index contributed by atoms with van der Waals surface area (Å²) in [5.74, 6) is 0.198. The molecule has 0 unspecified atom stereocenters. The van der Waals surface area contributed by atoms with Gasteiger partial charge in [-0.2, -0.15) is 0 Å². The van der Waals surface area contributed by atoms with Crippen LogP contribution in [0.5, 0.6) is 5.75 Å². The average Bonchev–Trinajstić information content (AvgIpc) is 2.42. The van der Waals surface area contributed by atoms with Crippen LogP contribution in [0, 0.1) is 6.92 Å². The molecule has 0 aliphatic rings. The van der Waals surface area contributed by atoms with Crippen molar-refractivity contribution < 1.29 is 5.11 Å². The summed E-state index contributed by atoms with van der Waals surface area (Å²) in [6.07, 6.45) is 1.52. The van der Waals surface area contributed by atoms with Gasteiger partial charge in [0.25, 0.3) is 5.56 Å². The van der Waals surface area contributed by atoms with E-state index >= 15 is 0 Å². The van der Waals surface area contributed by atoms with Crippen molar-refractivity contribution in [2.75, 3.05) is 5.32 Å². The van der Waals surface area contributed by atoms with Crippen LogP contribution in [-0.4, -0.2) is 14.2 Å². The van der Waals surface area contributed by atoms with E-state index in [0.717, 1.165) is 10.1 Å². The molecule has 0 bridgehead atoms. The predicted octanol–water partition coefficient (Wildman–Crippen LogP) is 0.710. The number of hydrogen-bond acceptors (Lipinski definition) is 4. The second-order valence-electron chi connectivity index (χ2n) is 4.77. The maximum atomic E-state index is 11.9. The summed E-state index contributed by atoms with van der Waals surface area (Å²) >= 11 is 0. The summed E-state index contributed by atoms with van der Waals surface area (Å²) in [5.41, 5.74) is 1.30. The van der Waals surface area contributed by atoms with Gasteiger partial charge in [0.05, 0.1) is 5.56 Å². The third-order valence-corrected chi connectivity index (χ3v) is 3.21. The molecule has 1 heterocycles. The minimum Gasteiger partial charge on any atom is -0.508 e. The Labute approximate surface area is 115 Å². The number of hydrogen-bond donors (Lipinski definition) is 2. The van der Waals surface area contributed by atoms with Crippen LogP contribution in [-0.2, 0) is 20.6 Å². The molecule has 0 aliphatic carbocycles. The molecule has 0 amide bonds. The molecule has 20 heavy (non-hydrogen) atoms. The lowest BCUT2D eigenvalue weighted by Gasteiger charge is -2.10. The molecule has 6 nitrogen and oxygen atoms in total. The molecule has 2 N–H and O–H groups in total. The van der Waals surface area contributed by atoms with Crippen molar-refractivity contribution in [1.29, 1.82) is 0 Å². The first kappa shape index (κ1) is 13.9. The van der Waals surface area contributed by atoms with Crippen LogP contribution in [0.3, 0.4) is 0 Å². The highest BCUT2D eigenvalue weighted by Crippen LogP contribution is 2.20. The molecule has 6 heteroatoms. The van der Waals surface area contributed by atoms with Crippen molar-refractivity contribution in [2.24, 2.45) is 14.1 Å². The zero-order valence-corrected chi connectivity index (χ0v) is 11.7. The lowest BCUT2D eigenvalue weighted by molar-refractivity contribution is 0.471. The lowest BCUT2D eigenvalue weighted by atomic mass is 10.2. The first-order valence-electron chi connectivity index (χ1n) is 6.19. The van der Waals surface area contributed by atoms with E-state index in [4.69, 9.17) is 0 Å². The summed E-state index contributed by atoms with van der Waals surface area (Å²) in [6.45, 7) is 2.09. The number of nitrogens with one attached hydrogen (secondary N) is 1. The monoisotopic (exact) mass is 275 g/mol. The Balaban J connectivity index is 2.25. The molecule has 0 atom stereocenters. The first-order chi connectivity index (χ1) is 9.40. The van der Waals surface area contributed by atoms with E-state index in [9.17, 15) is 14.7 Å². The van der Waals surface area contributed by atoms with Crippen LogP contribution in [0.1, 0.15) is 11.1 Å². The van der Waals surface area contributed by atoms with Crippen LogP contribution in [0.25, 0.3) is 0 Å². The number of aryl methyl sites for hydroxylation is 2. The molecule has 1 aromatic carbocycles. The molecule has 0 fully saturated rings. The molecule has 106 valence electrons. The van der Waals surface area contributed by atoms with Gasteiger partial charge in [0, 0.05) is 38.6 Å². The average molecular weight is 275 g/mol. The SMILES string of the molecule is Cc1ccc(NCc2cn(C)c(=O)n(C)c2=O)cc1O. The van der Waals surface area contributed by atoms with Gasteiger partial charge in [-0.3, -0.25) is 9.36 Å². The van der Waals surface area contributed by atoms with Crippen LogP contribution in [0.15, 0.2) is 34.0 Å². The minimum atomic E-state index is -0.355. The van der Waals surface area contributed by atoms with Crippen LogP contribution < -0.4 is 16.6 Å². The number of aromatic hydroxyl groups is 1. The normalized spacial score (nSPS) is 10.6. The van der Waals surface area contributed by atoms with Gasteiger partial charge in [-0.1, -0.05) is 6.07 Å². The molecule has 2 aromatic rings. The quantitative estimate of drug-likeness (QED) is 0.865. The smallest absolute Gasteiger partial charge is 0.330 e. The first-order valence-corrected chi connectivity index (χ1v) is 6.19. The van der Waals surface area contributed by atoms with Crippen molar-refractivity contribution in [1.82, 2.24) is 9.13 Å². The van der Waals surface area contributed by atoms with Gasteiger partial charge in [0.2, 0.25) is 0 Å². The highest BCUT2D eigenvalue weighted by molar-refractivity contribution is 5.51. The molecular weight excluding hydrogens is 258 g/mol. The maximum Gasteiger partial charge on any atom is 0.330 e. The fourth-order valence-electron chi connectivity index (χ4n) is 1.92. The Kier molecular flexibility index (Phi) is 3.65. The number of phenols is 1. The summed E-state index contributed by atoms with van der Waals surface area (Å²) in [7, 11) is 3.05. The van der Waals surface area contributed by atoms with Gasteiger partial charge in [-0.25, -0.2) is 4.79 Å². The molecular formula is C14H17N3O3. The number of anilines is 1. The fraction of sp³-hybridized carbons (Fsp3) is 0.286. The molecule has 0 saturated heterocycles. The maximum absolute atomic E-state index is 11.9. The molecule has 0 radical (unpaired) electrons. The van der Waals surface area contributed by atoms with Gasteiger partial charge in [-0.05, 0) is 18.6 Å². The molecule has 1 aromatic heterocycles. The van der Waals surface area contributed by atoms with Crippen molar-refractivity contribution in [2.45, 2.75) is 13.5 Å². The van der Waals surface area contributed by atoms with E-state index in [2.05, 4.69) is 5.32 Å². The van der Waals surface area contributed by atoms with Crippen LogP contribution in [0.4, 0.5) is 5.69 Å². The van der Waals surface area contributed by atoms with Crippen molar-refractivity contribution in [3.63, 3.8) is 0 Å². The fourth-order valence-corrected chi connectivity index (χ4v) is 1.92. The van der Waals surface area contributed by atoms with E-state index < -0.39 is 0 Å². The Morgan fingerprint density at radius 3 is 2.60 bits per heavy atom. The Hall–Kier alpha value is -2.50. The van der Waals surface area contributed by atoms with E-state index in [1.807, 2.05) is 13.0 Å². The van der Waals surface area contributed by atoms with Crippen LogP contribution in [0.2, 0.25) is 0 Å². The lowest BCUT2D eigenvalue weighted by Crippen LogP contribution is -2.38. The standard InChI is InChI=1S/C14H17N3O3/c1-9-4-5-11(6-12(9)18)15-7-10-8-16(2)14(20)17(3)13(10)19/h4-6,8,15,18H,7H2,1-3H3. The third kappa shape index (κ3) is 2.59. The van der Waals surface area contributed by atoms with Crippen molar-refractivity contribution in [3.05, 3.63) is 56.4 Å². The number of phenolic OH excluding ortho intramolecular Hbond substituents is 1. The van der Waals surface area contributed by atoms with Gasteiger partial charge in [0.1, 0.15) is 5.75 Å². The summed E-state index contributed by atoms with van der Waals surface area (Å²) < 4.78 is 2.44. The summed E-state index contributed by atoms with van der Waals surface area (Å²) in [5, 5.41) is 12.7. The number of aromatic nitrogens is 2. The zero-order chi connectivity index (χ0) is 14.9. The highest BCUT2D eigenvalue weighted by atomic mass is 16.3. The number of nitrogens with zero attached hydrogens (tertiary/aromatic N) is 2. The minimum absolute atomic E-state index is 0.198. The molecule has 0 aliphatic heterocycles. The predicted molar refractivity (Wildman–Crippen MR) is 77.1 cm³/mol. The molecule has 0 spiro atoms. The van der Waals surface area contributed by atoms with E-state index in [1.165, 1.54) is 17.8 Å². The van der Waals surface area contributed by atoms with E-state index in [1.54, 1.807) is 19.2 Å². The van der Waals surface area contributed by atoms with Crippen molar-refractivity contribution >= 4 is 5.69 Å². The molecule has 0 saturated carbocycles. The number of rotatable bonds is 3. The van der Waals surface area contributed by atoms with Crippen molar-refractivity contribution in [3.8, 4) is 5.75 Å². The second-order valence-corrected chi connectivity index (χ2v) is 4.77. The summed E-state index contributed by atoms with van der Waals surface area (Å²) in [4.78, 5) is 23.5. The van der Waals surface area contributed by atoms with E-state index in [-0.39, 0.29) is 23.5 Å². The molecule has 2 rings (SSSR count). The Morgan fingerprint density at radius 1 is 1.25 bits per heavy atom. The third-order valence-electron chi connectivity index (χ3n) is 3.21. The van der Waals surface area contributed by atoms with Gasteiger partial charge >= 0.3 is 5.69 Å². The topological polar surface area (TPSA) is 76.3 Å². The highest BCUT2D eigenvalue weighted by Gasteiger charge is 2.07. The van der Waals surface area contributed by atoms with Gasteiger partial charge < -0.3 is 15.0 Å². The number of benzene rings is 1. The largest absolute Gasteiger partial charge is 0.508 e. The summed E-state index contributed by atoms with van der Waals surface area (Å²) in [6, 6.07) is 5.21. The van der Waals surface area contributed by atoms with Gasteiger partial charge in [0.15, 0.2) is 0 Å². The second kappa shape index (κ2) is 5.24. The van der Waals surface area contributed by atoms with Crippen LogP contribution >= 0.6 is 0 Å². The van der Waals surface area contributed by atoms with Gasteiger partial charge in [-0.15, -0.1) is 0 Å². The Morgan fingerprint density at radius 2 is 1.95 bits per heavy atom. The zero-order valence-electron chi connectivity index (χ0n) is 11.7.